The molecule has 4 rings (SSSR count). The van der Waals surface area contributed by atoms with Crippen LogP contribution in [0.4, 0.5) is 8.78 Å². The smallest absolute Gasteiger partial charge is 0.262 e. The van der Waals surface area contributed by atoms with Crippen LogP contribution < -0.4 is 16.0 Å². The number of nitrogens with zero attached hydrogens (tertiary/aromatic N) is 1. The van der Waals surface area contributed by atoms with E-state index in [4.69, 9.17) is 0 Å². The van der Waals surface area contributed by atoms with E-state index in [1.54, 1.807) is 13.0 Å². The predicted octanol–water partition coefficient (Wildman–Crippen LogP) is 0.924. The van der Waals surface area contributed by atoms with Gasteiger partial charge < -0.3 is 15.5 Å². The second-order valence-corrected chi connectivity index (χ2v) is 8.44. The Kier molecular flexibility index (Phi) is 4.90. The van der Waals surface area contributed by atoms with E-state index in [0.29, 0.717) is 31.6 Å². The van der Waals surface area contributed by atoms with Gasteiger partial charge in [0.25, 0.3) is 11.8 Å². The molecule has 1 aromatic carbocycles. The number of fused-ring (bicyclic) bond motifs is 1. The zero-order chi connectivity index (χ0) is 20.8. The minimum absolute atomic E-state index is 0.202. The molecule has 0 spiro atoms. The molecule has 7 nitrogen and oxygen atoms in total. The molecule has 156 valence electrons. The molecule has 0 aromatic heterocycles. The van der Waals surface area contributed by atoms with Crippen LogP contribution in [-0.4, -0.2) is 53.2 Å². The van der Waals surface area contributed by atoms with Gasteiger partial charge in [0.1, 0.15) is 6.04 Å². The fourth-order valence-corrected chi connectivity index (χ4v) is 4.38. The van der Waals surface area contributed by atoms with Crippen LogP contribution in [0.25, 0.3) is 0 Å². The maximum atomic E-state index is 13.4. The summed E-state index contributed by atoms with van der Waals surface area (Å²) >= 11 is 0. The lowest BCUT2D eigenvalue weighted by atomic mass is 9.99. The van der Waals surface area contributed by atoms with Gasteiger partial charge in [0.2, 0.25) is 11.8 Å². The van der Waals surface area contributed by atoms with Crippen molar-refractivity contribution in [2.24, 2.45) is 0 Å². The van der Waals surface area contributed by atoms with Crippen molar-refractivity contribution < 1.29 is 23.2 Å². The molecule has 29 heavy (non-hydrogen) atoms. The summed E-state index contributed by atoms with van der Waals surface area (Å²) < 4.78 is 26.9. The molecule has 2 saturated heterocycles. The van der Waals surface area contributed by atoms with Gasteiger partial charge in [0.15, 0.2) is 0 Å². The van der Waals surface area contributed by atoms with Crippen molar-refractivity contribution in [3.05, 3.63) is 34.9 Å². The van der Waals surface area contributed by atoms with Crippen LogP contribution in [-0.2, 0) is 22.7 Å². The van der Waals surface area contributed by atoms with Gasteiger partial charge in [-0.25, -0.2) is 8.78 Å². The van der Waals surface area contributed by atoms with Crippen molar-refractivity contribution in [2.45, 2.75) is 56.8 Å². The van der Waals surface area contributed by atoms with E-state index < -0.39 is 23.4 Å². The second-order valence-electron chi connectivity index (χ2n) is 8.44. The second kappa shape index (κ2) is 7.14. The van der Waals surface area contributed by atoms with Crippen LogP contribution in [0.1, 0.15) is 47.7 Å². The van der Waals surface area contributed by atoms with Crippen LogP contribution in [0.15, 0.2) is 18.2 Å². The summed E-state index contributed by atoms with van der Waals surface area (Å²) in [7, 11) is 0. The Morgan fingerprint density at radius 2 is 2.07 bits per heavy atom. The van der Waals surface area contributed by atoms with Crippen molar-refractivity contribution in [1.29, 1.82) is 0 Å². The third-order valence-corrected chi connectivity index (χ3v) is 5.85. The summed E-state index contributed by atoms with van der Waals surface area (Å²) in [6.45, 7) is 2.69. The highest BCUT2D eigenvalue weighted by Gasteiger charge is 2.46. The first-order valence-electron chi connectivity index (χ1n) is 9.76. The highest BCUT2D eigenvalue weighted by Crippen LogP contribution is 2.32. The number of benzene rings is 1. The lowest BCUT2D eigenvalue weighted by molar-refractivity contribution is -0.136. The average Bonchev–Trinajstić information content (AvgIpc) is 3.11. The Balaban J connectivity index is 1.38. The first kappa shape index (κ1) is 19.9. The average molecular weight is 406 g/mol. The Morgan fingerprint density at radius 3 is 2.76 bits per heavy atom. The molecule has 3 amide bonds. The number of hydrogen-bond donors (Lipinski definition) is 3. The van der Waals surface area contributed by atoms with Crippen LogP contribution in [0.2, 0.25) is 0 Å². The minimum atomic E-state index is -2.68. The summed E-state index contributed by atoms with van der Waals surface area (Å²) in [5.74, 6) is -3.63. The molecule has 0 bridgehead atoms. The number of carbonyl (C=O) groups is 3. The molecular formula is C20H24F2N4O3. The maximum Gasteiger partial charge on any atom is 0.262 e. The monoisotopic (exact) mass is 406 g/mol. The molecule has 0 saturated carbocycles. The summed E-state index contributed by atoms with van der Waals surface area (Å²) in [5, 5.41) is 8.38. The maximum absolute atomic E-state index is 13.4. The number of amides is 3. The number of halogens is 2. The van der Waals surface area contributed by atoms with Crippen molar-refractivity contribution >= 4 is 17.7 Å². The fourth-order valence-electron chi connectivity index (χ4n) is 4.38. The summed E-state index contributed by atoms with van der Waals surface area (Å²) in [5.41, 5.74) is 1.67. The molecule has 2 fully saturated rings. The third-order valence-electron chi connectivity index (χ3n) is 5.85. The van der Waals surface area contributed by atoms with Gasteiger partial charge >= 0.3 is 0 Å². The molecule has 0 aliphatic carbocycles. The SMILES string of the molecule is CC1(CNCc2ccc3c(c2)CN(C2CCC(=O)NC2=O)C3=O)CC(F)(F)CN1. The van der Waals surface area contributed by atoms with Crippen LogP contribution in [0.3, 0.4) is 0 Å². The Hall–Kier alpha value is -2.39. The van der Waals surface area contributed by atoms with Crippen LogP contribution >= 0.6 is 0 Å². The van der Waals surface area contributed by atoms with Gasteiger partial charge in [-0.15, -0.1) is 0 Å². The van der Waals surface area contributed by atoms with Gasteiger partial charge in [0.05, 0.1) is 6.54 Å². The molecule has 3 N–H and O–H groups in total. The van der Waals surface area contributed by atoms with Crippen LogP contribution in [0.5, 0.6) is 0 Å². The molecule has 2 atom stereocenters. The molecule has 1 aromatic rings. The van der Waals surface area contributed by atoms with Gasteiger partial charge in [0, 0.05) is 43.6 Å². The molecule has 0 radical (unpaired) electrons. The van der Waals surface area contributed by atoms with E-state index >= 15 is 0 Å². The molecular weight excluding hydrogens is 382 g/mol. The number of hydrogen-bond acceptors (Lipinski definition) is 5. The van der Waals surface area contributed by atoms with Gasteiger partial charge in [-0.1, -0.05) is 12.1 Å². The molecule has 3 heterocycles. The Labute approximate surface area is 167 Å². The van der Waals surface area contributed by atoms with Crippen molar-refractivity contribution in [3.8, 4) is 0 Å². The van der Waals surface area contributed by atoms with Crippen LogP contribution in [0, 0.1) is 0 Å². The number of nitrogens with one attached hydrogen (secondary N) is 3. The Bertz CT molecular complexity index is 875. The largest absolute Gasteiger partial charge is 0.322 e. The number of carbonyl (C=O) groups excluding carboxylic acids is 3. The highest BCUT2D eigenvalue weighted by molar-refractivity contribution is 6.05. The standard InChI is InChI=1S/C20H24F2N4O3/c1-19(9-20(21,22)11-24-19)10-23-7-12-2-3-14-13(6-12)8-26(18(14)29)15-4-5-16(27)25-17(15)28/h2-3,6,15,23-24H,4-5,7-11H2,1H3,(H,25,27,28). The van der Waals surface area contributed by atoms with Crippen molar-refractivity contribution in [3.63, 3.8) is 0 Å². The first-order chi connectivity index (χ1) is 13.7. The lowest BCUT2D eigenvalue weighted by Gasteiger charge is -2.29. The molecule has 3 aliphatic rings. The van der Waals surface area contributed by atoms with Gasteiger partial charge in [-0.05, 0) is 30.5 Å². The van der Waals surface area contributed by atoms with E-state index in [2.05, 4.69) is 16.0 Å². The zero-order valence-electron chi connectivity index (χ0n) is 16.2. The van der Waals surface area contributed by atoms with E-state index in [9.17, 15) is 23.2 Å². The van der Waals surface area contributed by atoms with Gasteiger partial charge in [-0.2, -0.15) is 0 Å². The number of rotatable bonds is 5. The summed E-state index contributed by atoms with van der Waals surface area (Å²) in [4.78, 5) is 37.6. The normalized spacial score (nSPS) is 28.6. The lowest BCUT2D eigenvalue weighted by Crippen LogP contribution is -2.52. The quantitative estimate of drug-likeness (QED) is 0.633. The fraction of sp³-hybridized carbons (Fsp3) is 0.550. The van der Waals surface area contributed by atoms with Crippen molar-refractivity contribution in [2.75, 3.05) is 13.1 Å². The molecule has 9 heteroatoms. The number of piperidine rings is 1. The van der Waals surface area contributed by atoms with Gasteiger partial charge in [-0.3, -0.25) is 19.7 Å². The molecule has 3 aliphatic heterocycles. The summed E-state index contributed by atoms with van der Waals surface area (Å²) in [6, 6.07) is 4.84. The molecule has 2 unspecified atom stereocenters. The topological polar surface area (TPSA) is 90.5 Å². The minimum Gasteiger partial charge on any atom is -0.322 e. The Morgan fingerprint density at radius 1 is 1.28 bits per heavy atom. The number of alkyl halides is 2. The van der Waals surface area contributed by atoms with E-state index in [0.717, 1.165) is 11.1 Å². The predicted molar refractivity (Wildman–Crippen MR) is 100 cm³/mol. The van der Waals surface area contributed by atoms with E-state index in [1.165, 1.54) is 4.90 Å². The zero-order valence-corrected chi connectivity index (χ0v) is 16.2. The van der Waals surface area contributed by atoms with E-state index in [-0.39, 0.29) is 31.2 Å². The first-order valence-corrected chi connectivity index (χ1v) is 9.76. The van der Waals surface area contributed by atoms with Crippen molar-refractivity contribution in [1.82, 2.24) is 20.9 Å². The van der Waals surface area contributed by atoms with E-state index in [1.807, 2.05) is 12.1 Å². The summed E-state index contributed by atoms with van der Waals surface area (Å²) in [6.07, 6.45) is 0.346. The number of imide groups is 1. The highest BCUT2D eigenvalue weighted by atomic mass is 19.3. The third kappa shape index (κ3) is 4.02.